The summed E-state index contributed by atoms with van der Waals surface area (Å²) in [4.78, 5) is 14.7. The Kier molecular flexibility index (Phi) is 3.88. The van der Waals surface area contributed by atoms with Gasteiger partial charge < -0.3 is 4.74 Å². The molecule has 0 bridgehead atoms. The first kappa shape index (κ1) is 14.0. The van der Waals surface area contributed by atoms with E-state index in [0.717, 1.165) is 24.8 Å². The van der Waals surface area contributed by atoms with Crippen molar-refractivity contribution in [3.63, 3.8) is 0 Å². The summed E-state index contributed by atoms with van der Waals surface area (Å²) >= 11 is 3.19. The number of benzene rings is 1. The van der Waals surface area contributed by atoms with E-state index in [0.29, 0.717) is 4.47 Å². The summed E-state index contributed by atoms with van der Waals surface area (Å²) in [7, 11) is 0. The van der Waals surface area contributed by atoms with Gasteiger partial charge in [-0.15, -0.1) is 0 Å². The molecule has 108 valence electrons. The SMILES string of the molecule is O=[N+]([O-])c1cc(Br)cnc1OC1CCCc2ccccc21. The molecule has 1 aliphatic rings. The van der Waals surface area contributed by atoms with Crippen LogP contribution in [0.1, 0.15) is 30.1 Å². The summed E-state index contributed by atoms with van der Waals surface area (Å²) in [6, 6.07) is 9.47. The van der Waals surface area contributed by atoms with Crippen LogP contribution in [0.5, 0.6) is 5.88 Å². The number of aromatic nitrogens is 1. The molecule has 1 aliphatic carbocycles. The Morgan fingerprint density at radius 3 is 3.00 bits per heavy atom. The van der Waals surface area contributed by atoms with E-state index < -0.39 is 4.92 Å². The summed E-state index contributed by atoms with van der Waals surface area (Å²) in [5.74, 6) is 0.0740. The average molecular weight is 349 g/mol. The first-order chi connectivity index (χ1) is 10.1. The minimum atomic E-state index is -0.470. The molecule has 0 N–H and O–H groups in total. The fourth-order valence-corrected chi connectivity index (χ4v) is 2.92. The van der Waals surface area contributed by atoms with Gasteiger partial charge in [-0.2, -0.15) is 0 Å². The van der Waals surface area contributed by atoms with Crippen LogP contribution in [0.2, 0.25) is 0 Å². The van der Waals surface area contributed by atoms with Gasteiger partial charge in [0.1, 0.15) is 6.10 Å². The second-order valence-corrected chi connectivity index (χ2v) is 5.85. The third-order valence-corrected chi connectivity index (χ3v) is 4.00. The Morgan fingerprint density at radius 2 is 2.19 bits per heavy atom. The quantitative estimate of drug-likeness (QED) is 0.615. The summed E-state index contributed by atoms with van der Waals surface area (Å²) in [5.41, 5.74) is 2.23. The van der Waals surface area contributed by atoms with Crippen molar-refractivity contribution in [2.24, 2.45) is 0 Å². The van der Waals surface area contributed by atoms with Crippen LogP contribution in [0, 0.1) is 10.1 Å². The van der Waals surface area contributed by atoms with Gasteiger partial charge in [-0.3, -0.25) is 10.1 Å². The number of fused-ring (bicyclic) bond motifs is 1. The van der Waals surface area contributed by atoms with Crippen molar-refractivity contribution >= 4 is 21.6 Å². The predicted octanol–water partition coefficient (Wildman–Crippen LogP) is 4.21. The molecular formula is C15H13BrN2O3. The van der Waals surface area contributed by atoms with Gasteiger partial charge in [0.05, 0.1) is 4.92 Å². The monoisotopic (exact) mass is 348 g/mol. The van der Waals surface area contributed by atoms with Gasteiger partial charge in [0.15, 0.2) is 0 Å². The lowest BCUT2D eigenvalue weighted by Crippen LogP contribution is -2.16. The Bertz CT molecular complexity index is 690. The van der Waals surface area contributed by atoms with Gasteiger partial charge >= 0.3 is 5.69 Å². The second-order valence-electron chi connectivity index (χ2n) is 4.93. The number of hydrogen-bond acceptors (Lipinski definition) is 4. The number of rotatable bonds is 3. The topological polar surface area (TPSA) is 65.3 Å². The third-order valence-electron chi connectivity index (χ3n) is 3.56. The van der Waals surface area contributed by atoms with E-state index in [2.05, 4.69) is 27.0 Å². The molecule has 6 heteroatoms. The highest BCUT2D eigenvalue weighted by Gasteiger charge is 2.25. The number of ether oxygens (including phenoxy) is 1. The minimum absolute atomic E-state index is 0.0740. The molecule has 1 aromatic carbocycles. The van der Waals surface area contributed by atoms with Gasteiger partial charge in [0, 0.05) is 16.7 Å². The molecule has 1 atom stereocenters. The van der Waals surface area contributed by atoms with Crippen molar-refractivity contribution in [3.05, 3.63) is 62.2 Å². The number of nitro groups is 1. The van der Waals surface area contributed by atoms with E-state index >= 15 is 0 Å². The molecule has 0 aliphatic heterocycles. The molecule has 5 nitrogen and oxygen atoms in total. The van der Waals surface area contributed by atoms with E-state index in [9.17, 15) is 10.1 Å². The van der Waals surface area contributed by atoms with E-state index in [1.165, 1.54) is 17.8 Å². The lowest BCUT2D eigenvalue weighted by atomic mass is 9.89. The molecule has 0 fully saturated rings. The molecule has 0 saturated heterocycles. The number of halogens is 1. The van der Waals surface area contributed by atoms with Crippen molar-refractivity contribution in [1.29, 1.82) is 0 Å². The highest BCUT2D eigenvalue weighted by atomic mass is 79.9. The molecule has 0 amide bonds. The fraction of sp³-hybridized carbons (Fsp3) is 0.267. The molecule has 1 aromatic heterocycles. The highest BCUT2D eigenvalue weighted by Crippen LogP contribution is 2.36. The average Bonchev–Trinajstić information content (AvgIpc) is 2.49. The summed E-state index contributed by atoms with van der Waals surface area (Å²) < 4.78 is 6.42. The van der Waals surface area contributed by atoms with Crippen LogP contribution < -0.4 is 4.74 Å². The Morgan fingerprint density at radius 1 is 1.38 bits per heavy atom. The third kappa shape index (κ3) is 2.90. The lowest BCUT2D eigenvalue weighted by Gasteiger charge is -2.25. The standard InChI is InChI=1S/C15H13BrN2O3/c16-11-8-13(18(19)20)15(17-9-11)21-14-7-3-5-10-4-1-2-6-12(10)14/h1-2,4,6,8-9,14H,3,5,7H2. The van der Waals surface area contributed by atoms with Gasteiger partial charge in [-0.25, -0.2) is 4.98 Å². The second kappa shape index (κ2) is 5.81. The smallest absolute Gasteiger partial charge is 0.332 e. The van der Waals surface area contributed by atoms with Crippen molar-refractivity contribution in [1.82, 2.24) is 4.98 Å². The van der Waals surface area contributed by atoms with E-state index in [4.69, 9.17) is 4.74 Å². The molecule has 1 heterocycles. The van der Waals surface area contributed by atoms with Crippen molar-refractivity contribution in [3.8, 4) is 5.88 Å². The zero-order valence-electron chi connectivity index (χ0n) is 11.2. The molecule has 0 radical (unpaired) electrons. The van der Waals surface area contributed by atoms with Crippen molar-refractivity contribution < 1.29 is 9.66 Å². The summed E-state index contributed by atoms with van der Waals surface area (Å²) in [5, 5.41) is 11.1. The van der Waals surface area contributed by atoms with Gasteiger partial charge in [0.2, 0.25) is 0 Å². The Labute approximate surface area is 130 Å². The highest BCUT2D eigenvalue weighted by molar-refractivity contribution is 9.10. The summed E-state index contributed by atoms with van der Waals surface area (Å²) in [6.45, 7) is 0. The number of aryl methyl sites for hydroxylation is 1. The molecule has 0 spiro atoms. The molecule has 2 aromatic rings. The van der Waals surface area contributed by atoms with E-state index in [-0.39, 0.29) is 17.7 Å². The Balaban J connectivity index is 1.93. The van der Waals surface area contributed by atoms with Crippen LogP contribution >= 0.6 is 15.9 Å². The number of hydrogen-bond donors (Lipinski definition) is 0. The lowest BCUT2D eigenvalue weighted by molar-refractivity contribution is -0.386. The van der Waals surface area contributed by atoms with Gasteiger partial charge in [-0.05, 0) is 46.3 Å². The van der Waals surface area contributed by atoms with E-state index in [1.807, 2.05) is 18.2 Å². The van der Waals surface area contributed by atoms with Crippen LogP contribution in [-0.2, 0) is 6.42 Å². The van der Waals surface area contributed by atoms with Gasteiger partial charge in [-0.1, -0.05) is 24.3 Å². The Hall–Kier alpha value is -1.95. The van der Waals surface area contributed by atoms with Crippen LogP contribution in [0.25, 0.3) is 0 Å². The largest absolute Gasteiger partial charge is 0.465 e. The maximum atomic E-state index is 11.1. The first-order valence-electron chi connectivity index (χ1n) is 6.69. The molecule has 3 rings (SSSR count). The van der Waals surface area contributed by atoms with Crippen LogP contribution in [0.4, 0.5) is 5.69 Å². The van der Waals surface area contributed by atoms with Crippen molar-refractivity contribution in [2.75, 3.05) is 0 Å². The normalized spacial score (nSPS) is 17.1. The first-order valence-corrected chi connectivity index (χ1v) is 7.49. The minimum Gasteiger partial charge on any atom is -0.465 e. The van der Waals surface area contributed by atoms with Crippen LogP contribution in [0.15, 0.2) is 41.0 Å². The maximum Gasteiger partial charge on any atom is 0.332 e. The number of pyridine rings is 1. The zero-order valence-corrected chi connectivity index (χ0v) is 12.7. The summed E-state index contributed by atoms with van der Waals surface area (Å²) in [6.07, 6.45) is 4.20. The zero-order chi connectivity index (χ0) is 14.8. The number of nitrogens with zero attached hydrogens (tertiary/aromatic N) is 2. The molecule has 1 unspecified atom stereocenters. The maximum absolute atomic E-state index is 11.1. The van der Waals surface area contributed by atoms with Crippen LogP contribution in [0.3, 0.4) is 0 Å². The molecule has 0 saturated carbocycles. The molecule has 21 heavy (non-hydrogen) atoms. The molecular weight excluding hydrogens is 336 g/mol. The van der Waals surface area contributed by atoms with E-state index in [1.54, 1.807) is 0 Å². The predicted molar refractivity (Wildman–Crippen MR) is 81.3 cm³/mol. The van der Waals surface area contributed by atoms with Gasteiger partial charge in [0.25, 0.3) is 5.88 Å². The van der Waals surface area contributed by atoms with Crippen LogP contribution in [-0.4, -0.2) is 9.91 Å². The van der Waals surface area contributed by atoms with Crippen molar-refractivity contribution in [2.45, 2.75) is 25.4 Å². The fourth-order valence-electron chi connectivity index (χ4n) is 2.60.